The molecule has 0 fully saturated rings. The predicted octanol–water partition coefficient (Wildman–Crippen LogP) is 3.56. The van der Waals surface area contributed by atoms with Crippen molar-refractivity contribution in [2.45, 2.75) is 26.2 Å². The number of aryl methyl sites for hydroxylation is 1. The molecule has 0 amide bonds. The van der Waals surface area contributed by atoms with Crippen LogP contribution in [0.3, 0.4) is 0 Å². The molecule has 0 saturated carbocycles. The molecular weight excluding hydrogens is 350 g/mol. The summed E-state index contributed by atoms with van der Waals surface area (Å²) in [4.78, 5) is 6.80. The summed E-state index contributed by atoms with van der Waals surface area (Å²) in [5, 5.41) is 9.09. The van der Waals surface area contributed by atoms with E-state index in [0.29, 0.717) is 0 Å². The van der Waals surface area contributed by atoms with E-state index in [4.69, 9.17) is 9.84 Å². The Bertz CT molecular complexity index is 977. The molecule has 0 atom stereocenters. The molecule has 1 aliphatic rings. The Balaban J connectivity index is 1.40. The minimum absolute atomic E-state index is 0.227. The first-order valence-corrected chi connectivity index (χ1v) is 10.0. The van der Waals surface area contributed by atoms with Crippen LogP contribution in [0.2, 0.25) is 0 Å². The summed E-state index contributed by atoms with van der Waals surface area (Å²) >= 11 is 0. The summed E-state index contributed by atoms with van der Waals surface area (Å²) in [6.07, 6.45) is 8.92. The Morgan fingerprint density at radius 3 is 3.00 bits per heavy atom. The molecule has 1 N–H and O–H groups in total. The summed E-state index contributed by atoms with van der Waals surface area (Å²) in [5.41, 5.74) is 4.54. The molecule has 3 heterocycles. The number of rotatable bonds is 8. The maximum absolute atomic E-state index is 9.09. The van der Waals surface area contributed by atoms with Crippen molar-refractivity contribution in [3.05, 3.63) is 71.8 Å². The molecule has 0 radical (unpaired) electrons. The van der Waals surface area contributed by atoms with Crippen LogP contribution in [-0.2, 0) is 12.8 Å². The Hall–Kier alpha value is -2.63. The van der Waals surface area contributed by atoms with Crippen molar-refractivity contribution in [2.75, 3.05) is 26.2 Å². The van der Waals surface area contributed by atoms with Crippen LogP contribution in [0.15, 0.2) is 55.0 Å². The van der Waals surface area contributed by atoms with E-state index >= 15 is 0 Å². The molecule has 4 rings (SSSR count). The number of hydrogen-bond donors (Lipinski definition) is 1. The highest BCUT2D eigenvalue weighted by Gasteiger charge is 2.16. The fourth-order valence-corrected chi connectivity index (χ4v) is 3.71. The number of aliphatic hydroxyl groups is 1. The van der Waals surface area contributed by atoms with Gasteiger partial charge in [-0.3, -0.25) is 0 Å². The number of nitrogens with zero attached hydrogens (tertiary/aromatic N) is 3. The fourth-order valence-electron chi connectivity index (χ4n) is 3.71. The molecule has 2 aromatic heterocycles. The normalized spacial score (nSPS) is 13.5. The highest BCUT2D eigenvalue weighted by Crippen LogP contribution is 2.31. The Labute approximate surface area is 165 Å². The molecule has 0 bridgehead atoms. The van der Waals surface area contributed by atoms with E-state index in [0.717, 1.165) is 61.6 Å². The lowest BCUT2D eigenvalue weighted by Gasteiger charge is -2.20. The van der Waals surface area contributed by atoms with Crippen molar-refractivity contribution in [3.8, 4) is 5.75 Å². The van der Waals surface area contributed by atoms with Crippen LogP contribution in [0.4, 0.5) is 0 Å². The van der Waals surface area contributed by atoms with Gasteiger partial charge in [-0.25, -0.2) is 4.98 Å². The molecule has 0 unspecified atom stereocenters. The highest BCUT2D eigenvalue weighted by molar-refractivity contribution is 5.66. The molecular formula is C23H27N3O2. The number of benzene rings is 1. The van der Waals surface area contributed by atoms with Gasteiger partial charge >= 0.3 is 0 Å². The third-order valence-electron chi connectivity index (χ3n) is 5.33. The molecule has 0 spiro atoms. The smallest absolute Gasteiger partial charge is 0.149 e. The zero-order valence-electron chi connectivity index (χ0n) is 16.3. The first kappa shape index (κ1) is 18.7. The second-order valence-corrected chi connectivity index (χ2v) is 7.19. The van der Waals surface area contributed by atoms with Gasteiger partial charge in [0.2, 0.25) is 0 Å². The zero-order valence-corrected chi connectivity index (χ0v) is 16.3. The lowest BCUT2D eigenvalue weighted by Crippen LogP contribution is -2.27. The van der Waals surface area contributed by atoms with Crippen LogP contribution in [0.25, 0.3) is 11.3 Å². The summed E-state index contributed by atoms with van der Waals surface area (Å²) in [5.74, 6) is 1.75. The number of aliphatic hydroxyl groups excluding tert-OH is 1. The summed E-state index contributed by atoms with van der Waals surface area (Å²) in [7, 11) is 0. The summed E-state index contributed by atoms with van der Waals surface area (Å²) in [6, 6.07) is 12.6. The number of fused-ring (bicyclic) bond motifs is 2. The SMILES string of the molecule is CCN(CCO)CCCc1ccc2c(c1)CC=C(c1cc3cccn3cn1)O2. The number of aromatic nitrogens is 2. The molecule has 28 heavy (non-hydrogen) atoms. The van der Waals surface area contributed by atoms with Crippen LogP contribution in [0, 0.1) is 0 Å². The van der Waals surface area contributed by atoms with Gasteiger partial charge in [0.05, 0.1) is 12.9 Å². The minimum Gasteiger partial charge on any atom is -0.455 e. The van der Waals surface area contributed by atoms with Gasteiger partial charge in [0.25, 0.3) is 0 Å². The van der Waals surface area contributed by atoms with Crippen molar-refractivity contribution < 1.29 is 9.84 Å². The van der Waals surface area contributed by atoms with Crippen molar-refractivity contribution >= 4 is 11.3 Å². The lowest BCUT2D eigenvalue weighted by atomic mass is 10.0. The van der Waals surface area contributed by atoms with E-state index in [1.807, 2.05) is 23.0 Å². The van der Waals surface area contributed by atoms with Gasteiger partial charge in [0.1, 0.15) is 17.2 Å². The van der Waals surface area contributed by atoms with Gasteiger partial charge < -0.3 is 19.1 Å². The van der Waals surface area contributed by atoms with Crippen LogP contribution < -0.4 is 4.74 Å². The maximum atomic E-state index is 9.09. The second kappa shape index (κ2) is 8.59. The van der Waals surface area contributed by atoms with Gasteiger partial charge in [-0.15, -0.1) is 0 Å². The molecule has 1 aliphatic heterocycles. The van der Waals surface area contributed by atoms with Gasteiger partial charge in [0, 0.05) is 18.3 Å². The third kappa shape index (κ3) is 4.11. The summed E-state index contributed by atoms with van der Waals surface area (Å²) < 4.78 is 8.14. The monoisotopic (exact) mass is 377 g/mol. The van der Waals surface area contributed by atoms with Crippen molar-refractivity contribution in [3.63, 3.8) is 0 Å². The van der Waals surface area contributed by atoms with E-state index in [1.165, 1.54) is 11.1 Å². The standard InChI is InChI=1S/C23H27N3O2/c1-2-25(13-14-27)11-3-5-18-7-9-22-19(15-18)8-10-23(28-22)21-16-20-6-4-12-26(20)17-24-21/h4,6-7,9-10,12,15-17,27H,2-3,5,8,11,13-14H2,1H3. The molecule has 0 aliphatic carbocycles. The van der Waals surface area contributed by atoms with Gasteiger partial charge in [-0.2, -0.15) is 0 Å². The first-order chi connectivity index (χ1) is 13.8. The fraction of sp³-hybridized carbons (Fsp3) is 0.348. The predicted molar refractivity (Wildman–Crippen MR) is 111 cm³/mol. The van der Waals surface area contributed by atoms with Crippen molar-refractivity contribution in [1.29, 1.82) is 0 Å². The van der Waals surface area contributed by atoms with Gasteiger partial charge in [0.15, 0.2) is 0 Å². The Morgan fingerprint density at radius 1 is 1.21 bits per heavy atom. The molecule has 146 valence electrons. The number of likely N-dealkylation sites (N-methyl/N-ethyl adjacent to an activating group) is 1. The topological polar surface area (TPSA) is 50.0 Å². The van der Waals surface area contributed by atoms with Crippen LogP contribution in [-0.4, -0.2) is 45.6 Å². The van der Waals surface area contributed by atoms with E-state index in [9.17, 15) is 0 Å². The van der Waals surface area contributed by atoms with E-state index in [1.54, 1.807) is 0 Å². The summed E-state index contributed by atoms with van der Waals surface area (Å²) in [6.45, 7) is 5.12. The third-order valence-corrected chi connectivity index (χ3v) is 5.33. The maximum Gasteiger partial charge on any atom is 0.149 e. The van der Waals surface area contributed by atoms with E-state index < -0.39 is 0 Å². The van der Waals surface area contributed by atoms with Crippen LogP contribution in [0.5, 0.6) is 5.75 Å². The Kier molecular flexibility index (Phi) is 5.74. The largest absolute Gasteiger partial charge is 0.455 e. The van der Waals surface area contributed by atoms with E-state index in [2.05, 4.69) is 53.2 Å². The lowest BCUT2D eigenvalue weighted by molar-refractivity contribution is 0.200. The first-order valence-electron chi connectivity index (χ1n) is 10.0. The molecule has 0 saturated heterocycles. The average Bonchev–Trinajstić information content (AvgIpc) is 3.20. The van der Waals surface area contributed by atoms with Crippen LogP contribution >= 0.6 is 0 Å². The second-order valence-electron chi connectivity index (χ2n) is 7.19. The number of allylic oxidation sites excluding steroid dienone is 1. The molecule has 5 nitrogen and oxygen atoms in total. The number of hydrogen-bond acceptors (Lipinski definition) is 4. The van der Waals surface area contributed by atoms with Crippen molar-refractivity contribution in [2.24, 2.45) is 0 Å². The van der Waals surface area contributed by atoms with Crippen molar-refractivity contribution in [1.82, 2.24) is 14.3 Å². The molecule has 1 aromatic carbocycles. The molecule has 5 heteroatoms. The quantitative estimate of drug-likeness (QED) is 0.652. The number of ether oxygens (including phenoxy) is 1. The molecule has 3 aromatic rings. The van der Waals surface area contributed by atoms with Crippen LogP contribution in [0.1, 0.15) is 30.2 Å². The average molecular weight is 377 g/mol. The zero-order chi connectivity index (χ0) is 19.3. The minimum atomic E-state index is 0.227. The van der Waals surface area contributed by atoms with E-state index in [-0.39, 0.29) is 6.61 Å². The Morgan fingerprint density at radius 2 is 2.14 bits per heavy atom. The van der Waals surface area contributed by atoms with Gasteiger partial charge in [-0.05, 0) is 73.8 Å². The highest BCUT2D eigenvalue weighted by atomic mass is 16.5. The van der Waals surface area contributed by atoms with Gasteiger partial charge in [-0.1, -0.05) is 19.1 Å².